The summed E-state index contributed by atoms with van der Waals surface area (Å²) in [6.07, 6.45) is -1.31. The summed E-state index contributed by atoms with van der Waals surface area (Å²) in [5, 5.41) is 5.66. The largest absolute Gasteiger partial charge is 0.444 e. The highest BCUT2D eigenvalue weighted by Crippen LogP contribution is 2.33. The third-order valence-corrected chi connectivity index (χ3v) is 3.71. The number of anilines is 1. The van der Waals surface area contributed by atoms with Crippen molar-refractivity contribution in [1.82, 2.24) is 5.32 Å². The molecule has 2 unspecified atom stereocenters. The number of amides is 1. The van der Waals surface area contributed by atoms with Gasteiger partial charge in [-0.1, -0.05) is 6.07 Å². The Morgan fingerprint density at radius 3 is 2.65 bits per heavy atom. The normalized spacial score (nSPS) is 18.7. The minimum Gasteiger partial charge on any atom is -0.444 e. The number of carbonyl (C=O) groups excluding carboxylic acids is 1. The van der Waals surface area contributed by atoms with Gasteiger partial charge < -0.3 is 10.1 Å². The van der Waals surface area contributed by atoms with Gasteiger partial charge in [-0.25, -0.2) is 13.6 Å². The maximum absolute atomic E-state index is 12.7. The Hall–Kier alpha value is -1.69. The van der Waals surface area contributed by atoms with E-state index >= 15 is 0 Å². The van der Waals surface area contributed by atoms with Crippen molar-refractivity contribution in [3.63, 3.8) is 0 Å². The first-order valence-electron chi connectivity index (χ1n) is 7.83. The number of benzene rings is 1. The van der Waals surface area contributed by atoms with E-state index in [0.29, 0.717) is 5.69 Å². The summed E-state index contributed by atoms with van der Waals surface area (Å²) in [7, 11) is 0. The molecule has 0 heterocycles. The van der Waals surface area contributed by atoms with E-state index in [-0.39, 0.29) is 6.04 Å². The van der Waals surface area contributed by atoms with E-state index in [1.807, 2.05) is 12.1 Å². The van der Waals surface area contributed by atoms with Crippen LogP contribution in [-0.4, -0.2) is 24.2 Å². The maximum Gasteiger partial charge on any atom is 0.412 e. The molecule has 0 fully saturated rings. The highest BCUT2D eigenvalue weighted by molar-refractivity contribution is 5.85. The zero-order chi connectivity index (χ0) is 17.2. The van der Waals surface area contributed by atoms with Gasteiger partial charge in [-0.3, -0.25) is 5.32 Å². The lowest BCUT2D eigenvalue weighted by molar-refractivity contribution is 0.0636. The van der Waals surface area contributed by atoms with Gasteiger partial charge in [0, 0.05) is 11.7 Å². The van der Waals surface area contributed by atoms with Crippen molar-refractivity contribution in [2.45, 2.75) is 64.6 Å². The molecular formula is C17H24F2N2O2. The van der Waals surface area contributed by atoms with Crippen LogP contribution in [0.5, 0.6) is 0 Å². The molecule has 1 aliphatic rings. The number of hydrogen-bond acceptors (Lipinski definition) is 3. The number of rotatable bonds is 4. The van der Waals surface area contributed by atoms with E-state index in [4.69, 9.17) is 4.74 Å². The SMILES string of the molecule is CC(NC1CCc2cc(NC(=O)OC(C)(C)C)ccc21)C(F)F. The number of alkyl halides is 2. The van der Waals surface area contributed by atoms with Gasteiger partial charge in [-0.05, 0) is 63.8 Å². The summed E-state index contributed by atoms with van der Waals surface area (Å²) in [5.41, 5.74) is 2.19. The molecule has 0 aliphatic heterocycles. The van der Waals surface area contributed by atoms with Gasteiger partial charge in [0.05, 0.1) is 6.04 Å². The Morgan fingerprint density at radius 2 is 2.04 bits per heavy atom. The first-order chi connectivity index (χ1) is 10.7. The predicted octanol–water partition coefficient (Wildman–Crippen LogP) is 4.26. The highest BCUT2D eigenvalue weighted by atomic mass is 19.3. The van der Waals surface area contributed by atoms with Gasteiger partial charge in [-0.2, -0.15) is 0 Å². The predicted molar refractivity (Wildman–Crippen MR) is 86.0 cm³/mol. The van der Waals surface area contributed by atoms with Gasteiger partial charge >= 0.3 is 6.09 Å². The fraction of sp³-hybridized carbons (Fsp3) is 0.588. The number of hydrogen-bond donors (Lipinski definition) is 2. The molecular weight excluding hydrogens is 302 g/mol. The van der Waals surface area contributed by atoms with Crippen LogP contribution < -0.4 is 10.6 Å². The molecule has 2 rings (SSSR count). The minimum absolute atomic E-state index is 0.0652. The van der Waals surface area contributed by atoms with Crippen LogP contribution in [0.3, 0.4) is 0 Å². The minimum atomic E-state index is -2.38. The third kappa shape index (κ3) is 4.89. The van der Waals surface area contributed by atoms with Crippen LogP contribution in [0.15, 0.2) is 18.2 Å². The molecule has 0 saturated heterocycles. The Morgan fingerprint density at radius 1 is 1.35 bits per heavy atom. The van der Waals surface area contributed by atoms with E-state index in [1.54, 1.807) is 26.8 Å². The number of ether oxygens (including phenoxy) is 1. The van der Waals surface area contributed by atoms with Crippen molar-refractivity contribution in [2.75, 3.05) is 5.32 Å². The molecule has 1 aliphatic carbocycles. The second-order valence-corrected chi connectivity index (χ2v) is 6.92. The number of aryl methyl sites for hydroxylation is 1. The van der Waals surface area contributed by atoms with E-state index in [0.717, 1.165) is 24.0 Å². The first-order valence-corrected chi connectivity index (χ1v) is 7.83. The molecule has 1 aromatic rings. The van der Waals surface area contributed by atoms with Gasteiger partial charge in [0.25, 0.3) is 6.43 Å². The molecule has 2 N–H and O–H groups in total. The Labute approximate surface area is 135 Å². The lowest BCUT2D eigenvalue weighted by Crippen LogP contribution is -2.34. The summed E-state index contributed by atoms with van der Waals surface area (Å²) in [4.78, 5) is 11.8. The summed E-state index contributed by atoms with van der Waals surface area (Å²) >= 11 is 0. The zero-order valence-electron chi connectivity index (χ0n) is 14.0. The molecule has 0 radical (unpaired) electrons. The number of nitrogens with one attached hydrogen (secondary N) is 2. The summed E-state index contributed by atoms with van der Waals surface area (Å²) in [6.45, 7) is 6.89. The fourth-order valence-electron chi connectivity index (χ4n) is 2.68. The van der Waals surface area contributed by atoms with E-state index in [2.05, 4.69) is 10.6 Å². The second-order valence-electron chi connectivity index (χ2n) is 6.92. The Balaban J connectivity index is 2.02. The van der Waals surface area contributed by atoms with Crippen molar-refractivity contribution in [2.24, 2.45) is 0 Å². The molecule has 2 atom stereocenters. The first kappa shape index (κ1) is 17.7. The monoisotopic (exact) mass is 326 g/mol. The third-order valence-electron chi connectivity index (χ3n) is 3.71. The van der Waals surface area contributed by atoms with Crippen LogP contribution in [0.1, 0.15) is 51.3 Å². The van der Waals surface area contributed by atoms with Gasteiger partial charge in [0.2, 0.25) is 0 Å². The second kappa shape index (κ2) is 6.83. The van der Waals surface area contributed by atoms with Gasteiger partial charge in [-0.15, -0.1) is 0 Å². The summed E-state index contributed by atoms with van der Waals surface area (Å²) < 4.78 is 30.6. The van der Waals surface area contributed by atoms with Crippen LogP contribution in [0.4, 0.5) is 19.3 Å². The lowest BCUT2D eigenvalue weighted by Gasteiger charge is -2.21. The van der Waals surface area contributed by atoms with Crippen molar-refractivity contribution in [1.29, 1.82) is 0 Å². The average molecular weight is 326 g/mol. The van der Waals surface area contributed by atoms with Crippen molar-refractivity contribution in [3.05, 3.63) is 29.3 Å². The number of fused-ring (bicyclic) bond motifs is 1. The van der Waals surface area contributed by atoms with Crippen LogP contribution in [0, 0.1) is 0 Å². The quantitative estimate of drug-likeness (QED) is 0.869. The topological polar surface area (TPSA) is 50.4 Å². The van der Waals surface area contributed by atoms with Crippen molar-refractivity contribution >= 4 is 11.8 Å². The molecule has 6 heteroatoms. The molecule has 1 amide bonds. The molecule has 23 heavy (non-hydrogen) atoms. The number of halogens is 2. The Bertz CT molecular complexity index is 570. The molecule has 0 saturated carbocycles. The summed E-state index contributed by atoms with van der Waals surface area (Å²) in [6, 6.07) is 4.63. The van der Waals surface area contributed by atoms with E-state index in [1.165, 1.54) is 6.92 Å². The fourth-order valence-corrected chi connectivity index (χ4v) is 2.68. The molecule has 0 spiro atoms. The standard InChI is InChI=1S/C17H24F2N2O2/c1-10(15(18)19)20-14-8-5-11-9-12(6-7-13(11)14)21-16(22)23-17(2,3)4/h6-7,9-10,14-15,20H,5,8H2,1-4H3,(H,21,22). The number of carbonyl (C=O) groups is 1. The van der Waals surface area contributed by atoms with Crippen LogP contribution >= 0.6 is 0 Å². The van der Waals surface area contributed by atoms with E-state index < -0.39 is 24.2 Å². The van der Waals surface area contributed by atoms with Crippen LogP contribution in [0.2, 0.25) is 0 Å². The highest BCUT2D eigenvalue weighted by Gasteiger charge is 2.26. The lowest BCUT2D eigenvalue weighted by atomic mass is 10.1. The molecule has 1 aromatic carbocycles. The molecule has 0 bridgehead atoms. The average Bonchev–Trinajstić information content (AvgIpc) is 2.78. The zero-order valence-corrected chi connectivity index (χ0v) is 14.0. The Kier molecular flexibility index (Phi) is 5.24. The van der Waals surface area contributed by atoms with Crippen LogP contribution in [-0.2, 0) is 11.2 Å². The van der Waals surface area contributed by atoms with E-state index in [9.17, 15) is 13.6 Å². The molecule has 4 nitrogen and oxygen atoms in total. The smallest absolute Gasteiger partial charge is 0.412 e. The molecule has 128 valence electrons. The van der Waals surface area contributed by atoms with Crippen molar-refractivity contribution in [3.8, 4) is 0 Å². The maximum atomic E-state index is 12.7. The van der Waals surface area contributed by atoms with Gasteiger partial charge in [0.1, 0.15) is 5.60 Å². The summed E-state index contributed by atoms with van der Waals surface area (Å²) in [5.74, 6) is 0. The van der Waals surface area contributed by atoms with Gasteiger partial charge in [0.15, 0.2) is 0 Å². The molecule has 0 aromatic heterocycles. The van der Waals surface area contributed by atoms with Crippen LogP contribution in [0.25, 0.3) is 0 Å². The van der Waals surface area contributed by atoms with Crippen molar-refractivity contribution < 1.29 is 18.3 Å².